The highest BCUT2D eigenvalue weighted by Crippen LogP contribution is 2.36. The van der Waals surface area contributed by atoms with Gasteiger partial charge in [0.2, 0.25) is 0 Å². The Hall–Kier alpha value is -3.58. The van der Waals surface area contributed by atoms with Crippen molar-refractivity contribution in [2.45, 2.75) is 45.8 Å². The molecule has 0 fully saturated rings. The Morgan fingerprint density at radius 2 is 1.62 bits per heavy atom. The van der Waals surface area contributed by atoms with Crippen LogP contribution in [0.2, 0.25) is 5.02 Å². The Morgan fingerprint density at radius 3 is 2.21 bits per heavy atom. The number of ether oxygens (including phenoxy) is 2. The number of hydrogen-bond acceptors (Lipinski definition) is 7. The smallest absolute Gasteiger partial charge is 0.350 e. The second kappa shape index (κ2) is 9.73. The number of phenols is 2. The SMILES string of the molecule is CC(C)=CC[C@@H](OC(=O)C(C)(C)Oc1ccc(Cl)cc1)C1=CC(=O)c2c(O)ccc(O)c2C1=O. The average molecular weight is 485 g/mol. The van der Waals surface area contributed by atoms with Crippen LogP contribution in [-0.4, -0.2) is 39.5 Å². The lowest BCUT2D eigenvalue weighted by molar-refractivity contribution is -0.162. The number of allylic oxidation sites excluding steroid dienone is 2. The van der Waals surface area contributed by atoms with Crippen LogP contribution < -0.4 is 4.74 Å². The third-order valence-corrected chi connectivity index (χ3v) is 5.45. The second-order valence-corrected chi connectivity index (χ2v) is 9.06. The number of phenolic OH excluding ortho intramolecular Hbond substituents is 2. The predicted octanol–water partition coefficient (Wildman–Crippen LogP) is 5.18. The van der Waals surface area contributed by atoms with Crippen molar-refractivity contribution in [3.05, 3.63) is 75.8 Å². The van der Waals surface area contributed by atoms with Crippen molar-refractivity contribution in [1.82, 2.24) is 0 Å². The van der Waals surface area contributed by atoms with Gasteiger partial charge in [0.15, 0.2) is 17.2 Å². The summed E-state index contributed by atoms with van der Waals surface area (Å²) in [5, 5.41) is 20.8. The molecule has 0 heterocycles. The van der Waals surface area contributed by atoms with Crippen molar-refractivity contribution in [3.63, 3.8) is 0 Å². The van der Waals surface area contributed by atoms with Crippen LogP contribution in [0.3, 0.4) is 0 Å². The van der Waals surface area contributed by atoms with E-state index in [1.165, 1.54) is 13.8 Å². The molecule has 178 valence electrons. The quantitative estimate of drug-likeness (QED) is 0.316. The fraction of sp³-hybridized carbons (Fsp3) is 0.269. The van der Waals surface area contributed by atoms with E-state index in [2.05, 4.69) is 0 Å². The number of hydrogen-bond donors (Lipinski definition) is 2. The summed E-state index contributed by atoms with van der Waals surface area (Å²) >= 11 is 5.89. The van der Waals surface area contributed by atoms with E-state index < -0.39 is 40.7 Å². The van der Waals surface area contributed by atoms with E-state index in [1.807, 2.05) is 13.8 Å². The lowest BCUT2D eigenvalue weighted by Crippen LogP contribution is -2.42. The normalized spacial score (nSPS) is 14.1. The number of carbonyl (C=O) groups excluding carboxylic acids is 3. The van der Waals surface area contributed by atoms with Gasteiger partial charge in [-0.1, -0.05) is 23.3 Å². The van der Waals surface area contributed by atoms with Crippen LogP contribution in [-0.2, 0) is 9.53 Å². The second-order valence-electron chi connectivity index (χ2n) is 8.62. The van der Waals surface area contributed by atoms with Crippen LogP contribution in [0.5, 0.6) is 17.2 Å². The Labute approximate surface area is 202 Å². The lowest BCUT2D eigenvalue weighted by Gasteiger charge is -2.29. The fourth-order valence-electron chi connectivity index (χ4n) is 3.41. The van der Waals surface area contributed by atoms with Crippen molar-refractivity contribution < 1.29 is 34.1 Å². The molecule has 34 heavy (non-hydrogen) atoms. The average Bonchev–Trinajstić information content (AvgIpc) is 2.76. The summed E-state index contributed by atoms with van der Waals surface area (Å²) in [4.78, 5) is 39.0. The number of esters is 1. The van der Waals surface area contributed by atoms with Crippen LogP contribution >= 0.6 is 11.6 Å². The minimum Gasteiger partial charge on any atom is -0.507 e. The molecular weight excluding hydrogens is 460 g/mol. The highest BCUT2D eigenvalue weighted by molar-refractivity contribution is 6.30. The first-order valence-electron chi connectivity index (χ1n) is 10.5. The van der Waals surface area contributed by atoms with Crippen LogP contribution in [0.15, 0.2) is 59.7 Å². The molecule has 7 nitrogen and oxygen atoms in total. The number of halogens is 1. The van der Waals surface area contributed by atoms with Gasteiger partial charge in [0.1, 0.15) is 23.4 Å². The number of carbonyl (C=O) groups is 3. The van der Waals surface area contributed by atoms with Gasteiger partial charge in [0, 0.05) is 17.0 Å². The zero-order chi connectivity index (χ0) is 25.2. The van der Waals surface area contributed by atoms with Crippen LogP contribution in [0.1, 0.15) is 54.8 Å². The van der Waals surface area contributed by atoms with Gasteiger partial charge in [0.05, 0.1) is 11.1 Å². The third-order valence-electron chi connectivity index (χ3n) is 5.20. The Bertz CT molecular complexity index is 1200. The van der Waals surface area contributed by atoms with E-state index in [-0.39, 0.29) is 23.1 Å². The van der Waals surface area contributed by atoms with E-state index in [9.17, 15) is 24.6 Å². The molecule has 0 saturated carbocycles. The van der Waals surface area contributed by atoms with Gasteiger partial charge >= 0.3 is 5.97 Å². The van der Waals surface area contributed by atoms with Gasteiger partial charge in [0.25, 0.3) is 0 Å². The van der Waals surface area contributed by atoms with Gasteiger partial charge in [-0.25, -0.2) is 4.79 Å². The minimum atomic E-state index is -1.43. The van der Waals surface area contributed by atoms with Crippen molar-refractivity contribution in [3.8, 4) is 17.2 Å². The van der Waals surface area contributed by atoms with Crippen molar-refractivity contribution in [2.24, 2.45) is 0 Å². The summed E-state index contributed by atoms with van der Waals surface area (Å²) in [5.41, 5.74) is -1.23. The molecule has 3 rings (SSSR count). The standard InChI is InChI=1S/C26H25ClO7/c1-14(2)5-12-21(33-25(32)26(3,4)34-16-8-6-15(27)7-9-16)17-13-20(30)22-18(28)10-11-19(29)23(22)24(17)31/h5-11,13,21,28-29H,12H2,1-4H3/t21-/m1/s1. The first kappa shape index (κ1) is 25.1. The summed E-state index contributed by atoms with van der Waals surface area (Å²) in [7, 11) is 0. The van der Waals surface area contributed by atoms with Gasteiger partial charge in [-0.15, -0.1) is 0 Å². The molecule has 1 atom stereocenters. The maximum absolute atomic E-state index is 13.2. The van der Waals surface area contributed by atoms with E-state index >= 15 is 0 Å². The topological polar surface area (TPSA) is 110 Å². The maximum Gasteiger partial charge on any atom is 0.350 e. The predicted molar refractivity (Wildman–Crippen MR) is 127 cm³/mol. The van der Waals surface area contributed by atoms with Gasteiger partial charge in [-0.3, -0.25) is 9.59 Å². The van der Waals surface area contributed by atoms with E-state index in [0.717, 1.165) is 23.8 Å². The molecule has 0 amide bonds. The number of rotatable bonds is 7. The van der Waals surface area contributed by atoms with E-state index in [4.69, 9.17) is 21.1 Å². The zero-order valence-corrected chi connectivity index (χ0v) is 20.0. The number of Topliss-reactive ketones (excluding diaryl/α,β-unsaturated/α-hetero) is 1. The first-order valence-corrected chi connectivity index (χ1v) is 10.9. The molecule has 0 aliphatic heterocycles. The molecule has 0 radical (unpaired) electrons. The molecule has 2 N–H and O–H groups in total. The molecule has 2 aromatic carbocycles. The number of ketones is 2. The highest BCUT2D eigenvalue weighted by Gasteiger charge is 2.39. The first-order chi connectivity index (χ1) is 15.9. The lowest BCUT2D eigenvalue weighted by atomic mass is 9.85. The molecule has 2 aromatic rings. The summed E-state index contributed by atoms with van der Waals surface area (Å²) in [6.07, 6.45) is 1.79. The van der Waals surface area contributed by atoms with E-state index in [1.54, 1.807) is 30.3 Å². The molecule has 1 aliphatic carbocycles. The molecule has 0 bridgehead atoms. The summed E-state index contributed by atoms with van der Waals surface area (Å²) in [5.74, 6) is -2.62. The molecule has 8 heteroatoms. The van der Waals surface area contributed by atoms with Gasteiger partial charge < -0.3 is 19.7 Å². The van der Waals surface area contributed by atoms with Gasteiger partial charge in [-0.05, 0) is 70.2 Å². The number of aromatic hydroxyl groups is 2. The number of fused-ring (bicyclic) bond motifs is 1. The van der Waals surface area contributed by atoms with Crippen molar-refractivity contribution in [2.75, 3.05) is 0 Å². The third kappa shape index (κ3) is 5.31. The van der Waals surface area contributed by atoms with Crippen LogP contribution in [0, 0.1) is 0 Å². The molecule has 1 aliphatic rings. The monoisotopic (exact) mass is 484 g/mol. The fourth-order valence-corrected chi connectivity index (χ4v) is 3.54. The van der Waals surface area contributed by atoms with Crippen LogP contribution in [0.25, 0.3) is 0 Å². The summed E-state index contributed by atoms with van der Waals surface area (Å²) in [6.45, 7) is 6.72. The minimum absolute atomic E-state index is 0.105. The zero-order valence-electron chi connectivity index (χ0n) is 19.2. The maximum atomic E-state index is 13.2. The molecule has 0 saturated heterocycles. The van der Waals surface area contributed by atoms with Crippen molar-refractivity contribution in [1.29, 1.82) is 0 Å². The van der Waals surface area contributed by atoms with Crippen LogP contribution in [0.4, 0.5) is 0 Å². The Kier molecular flexibility index (Phi) is 7.17. The van der Waals surface area contributed by atoms with Crippen molar-refractivity contribution >= 4 is 29.1 Å². The Balaban J connectivity index is 1.93. The summed E-state index contributed by atoms with van der Waals surface area (Å²) in [6, 6.07) is 8.71. The number of benzene rings is 2. The molecule has 0 unspecified atom stereocenters. The molecule has 0 aromatic heterocycles. The molecular formula is C26H25ClO7. The Morgan fingerprint density at radius 1 is 1.03 bits per heavy atom. The van der Waals surface area contributed by atoms with Gasteiger partial charge in [-0.2, -0.15) is 0 Å². The molecule has 0 spiro atoms. The summed E-state index contributed by atoms with van der Waals surface area (Å²) < 4.78 is 11.5. The van der Waals surface area contributed by atoms with E-state index in [0.29, 0.717) is 10.8 Å². The highest BCUT2D eigenvalue weighted by atomic mass is 35.5. The largest absolute Gasteiger partial charge is 0.507 e.